The molecule has 0 aliphatic rings. The normalized spacial score (nSPS) is 10.1. The third kappa shape index (κ3) is 4.41. The number of anilines is 1. The molecular weight excluding hydrogens is 329 g/mol. The summed E-state index contributed by atoms with van der Waals surface area (Å²) < 4.78 is 4.88. The van der Waals surface area contributed by atoms with Crippen molar-refractivity contribution in [3.8, 4) is 0 Å². The molecule has 1 amide bonds. The van der Waals surface area contributed by atoms with Gasteiger partial charge in [-0.15, -0.1) is 0 Å². The van der Waals surface area contributed by atoms with E-state index in [0.29, 0.717) is 5.02 Å². The van der Waals surface area contributed by atoms with E-state index in [1.807, 2.05) is 0 Å². The van der Waals surface area contributed by atoms with Crippen LogP contribution in [0.4, 0.5) is 5.82 Å². The lowest BCUT2D eigenvalue weighted by atomic mass is 10.2. The van der Waals surface area contributed by atoms with Gasteiger partial charge < -0.3 is 10.1 Å². The number of hydrogen-bond donors (Lipinski definition) is 1. The summed E-state index contributed by atoms with van der Waals surface area (Å²) in [6, 6.07) is 4.68. The zero-order chi connectivity index (χ0) is 16.1. The maximum atomic E-state index is 11.7. The number of amides is 1. The summed E-state index contributed by atoms with van der Waals surface area (Å²) >= 11 is 11.6. The van der Waals surface area contributed by atoms with Crippen LogP contribution in [0.1, 0.15) is 16.1 Å². The van der Waals surface area contributed by atoms with E-state index in [9.17, 15) is 9.59 Å². The molecule has 114 valence electrons. The molecule has 0 aromatic carbocycles. The number of ether oxygens (including phenoxy) is 1. The molecule has 2 aromatic rings. The fourth-order valence-corrected chi connectivity index (χ4v) is 1.91. The smallest absolute Gasteiger partial charge is 0.340 e. The highest BCUT2D eigenvalue weighted by Gasteiger charge is 2.12. The summed E-state index contributed by atoms with van der Waals surface area (Å²) in [4.78, 5) is 31.3. The second-order valence-corrected chi connectivity index (χ2v) is 5.14. The first-order valence-electron chi connectivity index (χ1n) is 6.16. The molecule has 2 heterocycles. The summed E-state index contributed by atoms with van der Waals surface area (Å²) in [5.74, 6) is -1.06. The number of aryl methyl sites for hydroxylation is 1. The van der Waals surface area contributed by atoms with Crippen molar-refractivity contribution in [1.82, 2.24) is 9.97 Å². The SMILES string of the molecule is Cc1ccc(C(=O)OCC(=O)Nc2ncc(Cl)cc2Cl)cn1. The lowest BCUT2D eigenvalue weighted by molar-refractivity contribution is -0.119. The highest BCUT2D eigenvalue weighted by Crippen LogP contribution is 2.22. The van der Waals surface area contributed by atoms with Crippen LogP contribution in [0.25, 0.3) is 0 Å². The molecule has 2 rings (SSSR count). The van der Waals surface area contributed by atoms with Gasteiger partial charge in [-0.2, -0.15) is 0 Å². The predicted octanol–water partition coefficient (Wildman–Crippen LogP) is 2.89. The molecule has 6 nitrogen and oxygen atoms in total. The largest absolute Gasteiger partial charge is 0.452 e. The van der Waals surface area contributed by atoms with E-state index in [0.717, 1.165) is 5.69 Å². The van der Waals surface area contributed by atoms with Crippen molar-refractivity contribution in [3.63, 3.8) is 0 Å². The number of esters is 1. The van der Waals surface area contributed by atoms with Gasteiger partial charge in [0.25, 0.3) is 5.91 Å². The van der Waals surface area contributed by atoms with Gasteiger partial charge in [0.15, 0.2) is 12.4 Å². The molecule has 0 spiro atoms. The molecule has 0 fully saturated rings. The van der Waals surface area contributed by atoms with Crippen LogP contribution in [0.2, 0.25) is 10.0 Å². The molecule has 0 saturated carbocycles. The van der Waals surface area contributed by atoms with Gasteiger partial charge in [-0.3, -0.25) is 9.78 Å². The van der Waals surface area contributed by atoms with E-state index < -0.39 is 18.5 Å². The van der Waals surface area contributed by atoms with Crippen molar-refractivity contribution in [2.75, 3.05) is 11.9 Å². The molecule has 0 aliphatic heterocycles. The Morgan fingerprint density at radius 2 is 2.00 bits per heavy atom. The van der Waals surface area contributed by atoms with E-state index in [1.165, 1.54) is 18.5 Å². The summed E-state index contributed by atoms with van der Waals surface area (Å²) in [6.45, 7) is 1.33. The minimum atomic E-state index is -0.641. The molecule has 22 heavy (non-hydrogen) atoms. The number of hydrogen-bond acceptors (Lipinski definition) is 5. The topological polar surface area (TPSA) is 81.2 Å². The average Bonchev–Trinajstić information content (AvgIpc) is 2.48. The van der Waals surface area contributed by atoms with E-state index in [-0.39, 0.29) is 16.4 Å². The summed E-state index contributed by atoms with van der Waals surface area (Å²) in [6.07, 6.45) is 2.72. The van der Waals surface area contributed by atoms with Gasteiger partial charge in [-0.25, -0.2) is 9.78 Å². The van der Waals surface area contributed by atoms with Crippen LogP contribution in [0, 0.1) is 6.92 Å². The average molecular weight is 340 g/mol. The Hall–Kier alpha value is -2.18. The van der Waals surface area contributed by atoms with E-state index in [4.69, 9.17) is 27.9 Å². The summed E-state index contributed by atoms with van der Waals surface area (Å²) in [5, 5.41) is 2.96. The van der Waals surface area contributed by atoms with Crippen molar-refractivity contribution < 1.29 is 14.3 Å². The van der Waals surface area contributed by atoms with Crippen LogP contribution in [-0.4, -0.2) is 28.5 Å². The minimum absolute atomic E-state index is 0.143. The van der Waals surface area contributed by atoms with Crippen LogP contribution in [0.5, 0.6) is 0 Å². The van der Waals surface area contributed by atoms with Gasteiger partial charge in [0, 0.05) is 18.1 Å². The first kappa shape index (κ1) is 16.2. The first-order valence-corrected chi connectivity index (χ1v) is 6.92. The molecule has 0 radical (unpaired) electrons. The number of rotatable bonds is 4. The minimum Gasteiger partial charge on any atom is -0.452 e. The summed E-state index contributed by atoms with van der Waals surface area (Å²) in [7, 11) is 0. The number of nitrogens with zero attached hydrogens (tertiary/aromatic N) is 2. The Balaban J connectivity index is 1.89. The molecule has 2 aromatic heterocycles. The number of aromatic nitrogens is 2. The lowest BCUT2D eigenvalue weighted by Gasteiger charge is -2.07. The maximum Gasteiger partial charge on any atom is 0.340 e. The van der Waals surface area contributed by atoms with Gasteiger partial charge >= 0.3 is 5.97 Å². The molecule has 0 saturated heterocycles. The molecular formula is C14H11Cl2N3O3. The van der Waals surface area contributed by atoms with Crippen LogP contribution < -0.4 is 5.32 Å². The van der Waals surface area contributed by atoms with Gasteiger partial charge in [0.1, 0.15) is 0 Å². The molecule has 0 unspecified atom stereocenters. The first-order chi connectivity index (χ1) is 10.5. The highest BCUT2D eigenvalue weighted by atomic mass is 35.5. The zero-order valence-corrected chi connectivity index (χ0v) is 13.0. The van der Waals surface area contributed by atoms with Crippen LogP contribution in [0.3, 0.4) is 0 Å². The second kappa shape index (κ2) is 7.20. The Labute approximate surface area is 136 Å². The molecule has 0 atom stereocenters. The van der Waals surface area contributed by atoms with Crippen LogP contribution in [-0.2, 0) is 9.53 Å². The van der Waals surface area contributed by atoms with E-state index in [1.54, 1.807) is 19.1 Å². The second-order valence-electron chi connectivity index (χ2n) is 4.30. The quantitative estimate of drug-likeness (QED) is 0.866. The van der Waals surface area contributed by atoms with E-state index in [2.05, 4.69) is 15.3 Å². The molecule has 0 bridgehead atoms. The van der Waals surface area contributed by atoms with Crippen molar-refractivity contribution >= 4 is 40.9 Å². The summed E-state index contributed by atoms with van der Waals surface area (Å²) in [5.41, 5.74) is 1.04. The standard InChI is InChI=1S/C14H11Cl2N3O3/c1-8-2-3-9(5-17-8)14(21)22-7-12(20)19-13-11(16)4-10(15)6-18-13/h2-6H,7H2,1H3,(H,18,19,20). The third-order valence-electron chi connectivity index (χ3n) is 2.55. The Morgan fingerprint density at radius 3 is 2.64 bits per heavy atom. The Kier molecular flexibility index (Phi) is 5.30. The number of pyridine rings is 2. The maximum absolute atomic E-state index is 11.7. The van der Waals surface area contributed by atoms with Gasteiger partial charge in [0.05, 0.1) is 15.6 Å². The van der Waals surface area contributed by atoms with E-state index >= 15 is 0 Å². The van der Waals surface area contributed by atoms with Crippen LogP contribution >= 0.6 is 23.2 Å². The molecule has 8 heteroatoms. The number of carbonyl (C=O) groups excluding carboxylic acids is 2. The van der Waals surface area contributed by atoms with Crippen molar-refractivity contribution in [3.05, 3.63) is 51.9 Å². The Bertz CT molecular complexity index is 705. The third-order valence-corrected chi connectivity index (χ3v) is 3.04. The van der Waals surface area contributed by atoms with Crippen molar-refractivity contribution in [2.45, 2.75) is 6.92 Å². The monoisotopic (exact) mass is 339 g/mol. The number of halogens is 2. The number of carbonyl (C=O) groups is 2. The highest BCUT2D eigenvalue weighted by molar-refractivity contribution is 6.36. The predicted molar refractivity (Wildman–Crippen MR) is 82.1 cm³/mol. The molecule has 0 aliphatic carbocycles. The van der Waals surface area contributed by atoms with Crippen molar-refractivity contribution in [2.24, 2.45) is 0 Å². The van der Waals surface area contributed by atoms with Gasteiger partial charge in [-0.1, -0.05) is 23.2 Å². The zero-order valence-electron chi connectivity index (χ0n) is 11.5. The fourth-order valence-electron chi connectivity index (χ4n) is 1.48. The molecule has 1 N–H and O–H groups in total. The van der Waals surface area contributed by atoms with Crippen molar-refractivity contribution in [1.29, 1.82) is 0 Å². The Morgan fingerprint density at radius 1 is 1.23 bits per heavy atom. The lowest BCUT2D eigenvalue weighted by Crippen LogP contribution is -2.21. The number of nitrogens with one attached hydrogen (secondary N) is 1. The van der Waals surface area contributed by atoms with Gasteiger partial charge in [0.2, 0.25) is 0 Å². The van der Waals surface area contributed by atoms with Gasteiger partial charge in [-0.05, 0) is 25.1 Å². The van der Waals surface area contributed by atoms with Crippen LogP contribution in [0.15, 0.2) is 30.6 Å². The fraction of sp³-hybridized carbons (Fsp3) is 0.143.